The molecule has 0 atom stereocenters. The van der Waals surface area contributed by atoms with E-state index >= 15 is 0 Å². The standard InChI is InChI=1S/C17H25ClN2O/c1-13-10-14(12-15(18)11-13)17(21)20-9-8-19-16-6-4-2-3-5-7-16/h10-12,16,19H,2-9H2,1H3,(H,20,21). The van der Waals surface area contributed by atoms with E-state index in [9.17, 15) is 4.79 Å². The molecule has 1 aliphatic carbocycles. The number of rotatable bonds is 5. The van der Waals surface area contributed by atoms with E-state index in [4.69, 9.17) is 11.6 Å². The van der Waals surface area contributed by atoms with Gasteiger partial charge in [0.2, 0.25) is 0 Å². The monoisotopic (exact) mass is 308 g/mol. The van der Waals surface area contributed by atoms with Crippen LogP contribution in [-0.4, -0.2) is 25.0 Å². The number of halogens is 1. The molecule has 0 spiro atoms. The first-order valence-electron chi connectivity index (χ1n) is 7.94. The lowest BCUT2D eigenvalue weighted by Gasteiger charge is -2.16. The molecule has 0 aliphatic heterocycles. The van der Waals surface area contributed by atoms with E-state index in [1.165, 1.54) is 38.5 Å². The minimum Gasteiger partial charge on any atom is -0.351 e. The summed E-state index contributed by atoms with van der Waals surface area (Å²) in [4.78, 5) is 12.1. The first-order valence-corrected chi connectivity index (χ1v) is 8.32. The zero-order valence-corrected chi connectivity index (χ0v) is 13.5. The lowest BCUT2D eigenvalue weighted by atomic mass is 10.1. The molecule has 116 valence electrons. The lowest BCUT2D eigenvalue weighted by molar-refractivity contribution is 0.0953. The van der Waals surface area contributed by atoms with Gasteiger partial charge >= 0.3 is 0 Å². The topological polar surface area (TPSA) is 41.1 Å². The lowest BCUT2D eigenvalue weighted by Crippen LogP contribution is -2.36. The third-order valence-corrected chi connectivity index (χ3v) is 4.22. The Hall–Kier alpha value is -1.06. The quantitative estimate of drug-likeness (QED) is 0.643. The fourth-order valence-corrected chi connectivity index (χ4v) is 3.19. The van der Waals surface area contributed by atoms with Gasteiger partial charge in [0.1, 0.15) is 0 Å². The second kappa shape index (κ2) is 8.40. The van der Waals surface area contributed by atoms with Crippen molar-refractivity contribution in [1.82, 2.24) is 10.6 Å². The molecule has 3 nitrogen and oxygen atoms in total. The van der Waals surface area contributed by atoms with Gasteiger partial charge in [-0.05, 0) is 43.5 Å². The molecule has 0 bridgehead atoms. The Balaban J connectivity index is 1.71. The summed E-state index contributed by atoms with van der Waals surface area (Å²) in [7, 11) is 0. The number of carbonyl (C=O) groups is 1. The highest BCUT2D eigenvalue weighted by atomic mass is 35.5. The minimum absolute atomic E-state index is 0.0525. The molecular weight excluding hydrogens is 284 g/mol. The van der Waals surface area contributed by atoms with E-state index in [-0.39, 0.29) is 5.91 Å². The number of nitrogens with one attached hydrogen (secondary N) is 2. The predicted molar refractivity (Wildman–Crippen MR) is 88.0 cm³/mol. The Morgan fingerprint density at radius 1 is 1.14 bits per heavy atom. The summed E-state index contributed by atoms with van der Waals surface area (Å²) in [5, 5.41) is 7.11. The fraction of sp³-hybridized carbons (Fsp3) is 0.588. The number of carbonyl (C=O) groups excluding carboxylic acids is 1. The van der Waals surface area contributed by atoms with Gasteiger partial charge in [0.15, 0.2) is 0 Å². The highest BCUT2D eigenvalue weighted by Crippen LogP contribution is 2.17. The third-order valence-electron chi connectivity index (χ3n) is 4.00. The van der Waals surface area contributed by atoms with Crippen LogP contribution in [0.25, 0.3) is 0 Å². The van der Waals surface area contributed by atoms with Crippen LogP contribution in [0.4, 0.5) is 0 Å². The van der Waals surface area contributed by atoms with Gasteiger partial charge in [-0.15, -0.1) is 0 Å². The van der Waals surface area contributed by atoms with Crippen molar-refractivity contribution in [1.29, 1.82) is 0 Å². The van der Waals surface area contributed by atoms with E-state index in [0.717, 1.165) is 12.1 Å². The summed E-state index contributed by atoms with van der Waals surface area (Å²) in [5.74, 6) is -0.0525. The van der Waals surface area contributed by atoms with E-state index in [0.29, 0.717) is 23.2 Å². The van der Waals surface area contributed by atoms with E-state index in [1.54, 1.807) is 6.07 Å². The van der Waals surface area contributed by atoms with Crippen molar-refractivity contribution >= 4 is 17.5 Å². The zero-order chi connectivity index (χ0) is 15.1. The van der Waals surface area contributed by atoms with Crippen molar-refractivity contribution in [2.75, 3.05) is 13.1 Å². The Morgan fingerprint density at radius 3 is 2.52 bits per heavy atom. The largest absolute Gasteiger partial charge is 0.351 e. The summed E-state index contributed by atoms with van der Waals surface area (Å²) in [6.07, 6.45) is 7.91. The average molecular weight is 309 g/mol. The molecule has 0 saturated heterocycles. The number of hydrogen-bond acceptors (Lipinski definition) is 2. The maximum Gasteiger partial charge on any atom is 0.251 e. The molecule has 1 saturated carbocycles. The summed E-state index contributed by atoms with van der Waals surface area (Å²) in [6.45, 7) is 3.42. The van der Waals surface area contributed by atoms with Crippen LogP contribution in [0.1, 0.15) is 54.4 Å². The molecule has 1 aromatic carbocycles. The van der Waals surface area contributed by atoms with Crippen molar-refractivity contribution in [2.45, 2.75) is 51.5 Å². The molecule has 2 N–H and O–H groups in total. The Kier molecular flexibility index (Phi) is 6.52. The second-order valence-electron chi connectivity index (χ2n) is 5.92. The Bertz CT molecular complexity index is 448. The molecule has 0 radical (unpaired) electrons. The van der Waals surface area contributed by atoms with Gasteiger partial charge in [0.25, 0.3) is 5.91 Å². The van der Waals surface area contributed by atoms with Gasteiger partial charge in [0.05, 0.1) is 0 Å². The normalized spacial score (nSPS) is 16.5. The van der Waals surface area contributed by atoms with Crippen LogP contribution < -0.4 is 10.6 Å². The van der Waals surface area contributed by atoms with Crippen molar-refractivity contribution in [3.8, 4) is 0 Å². The number of aryl methyl sites for hydroxylation is 1. The van der Waals surface area contributed by atoms with Gasteiger partial charge in [-0.3, -0.25) is 4.79 Å². The SMILES string of the molecule is Cc1cc(Cl)cc(C(=O)NCCNC2CCCCCC2)c1. The molecule has 2 rings (SSSR count). The smallest absolute Gasteiger partial charge is 0.251 e. The molecule has 0 heterocycles. The molecule has 0 aromatic heterocycles. The molecule has 1 amide bonds. The first kappa shape index (κ1) is 16.3. The maximum atomic E-state index is 12.1. The van der Waals surface area contributed by atoms with Crippen molar-refractivity contribution in [2.24, 2.45) is 0 Å². The van der Waals surface area contributed by atoms with Crippen LogP contribution in [0, 0.1) is 6.92 Å². The van der Waals surface area contributed by atoms with Gasteiger partial charge in [-0.25, -0.2) is 0 Å². The van der Waals surface area contributed by atoms with Crippen LogP contribution in [0.2, 0.25) is 5.02 Å². The zero-order valence-electron chi connectivity index (χ0n) is 12.8. The molecule has 1 aliphatic rings. The fourth-order valence-electron chi connectivity index (χ4n) is 2.91. The first-order chi connectivity index (χ1) is 10.1. The van der Waals surface area contributed by atoms with Gasteiger partial charge in [0, 0.05) is 29.7 Å². The molecule has 21 heavy (non-hydrogen) atoms. The second-order valence-corrected chi connectivity index (χ2v) is 6.35. The molecule has 1 aromatic rings. The van der Waals surface area contributed by atoms with E-state index in [1.807, 2.05) is 19.1 Å². The van der Waals surface area contributed by atoms with E-state index < -0.39 is 0 Å². The van der Waals surface area contributed by atoms with Crippen molar-refractivity contribution < 1.29 is 4.79 Å². The molecular formula is C17H25ClN2O. The van der Waals surface area contributed by atoms with Crippen molar-refractivity contribution in [3.05, 3.63) is 34.3 Å². The summed E-state index contributed by atoms with van der Waals surface area (Å²) in [6, 6.07) is 6.05. The van der Waals surface area contributed by atoms with Crippen LogP contribution in [0.15, 0.2) is 18.2 Å². The van der Waals surface area contributed by atoms with Crippen LogP contribution in [0.3, 0.4) is 0 Å². The highest BCUT2D eigenvalue weighted by molar-refractivity contribution is 6.31. The predicted octanol–water partition coefficient (Wildman–Crippen LogP) is 3.69. The molecule has 4 heteroatoms. The van der Waals surface area contributed by atoms with Crippen LogP contribution in [-0.2, 0) is 0 Å². The van der Waals surface area contributed by atoms with Crippen molar-refractivity contribution in [3.63, 3.8) is 0 Å². The van der Waals surface area contributed by atoms with Gasteiger partial charge < -0.3 is 10.6 Å². The Labute approximate surface area is 132 Å². The minimum atomic E-state index is -0.0525. The van der Waals surface area contributed by atoms with E-state index in [2.05, 4.69) is 10.6 Å². The average Bonchev–Trinajstić information content (AvgIpc) is 2.71. The number of benzene rings is 1. The van der Waals surface area contributed by atoms with Crippen LogP contribution in [0.5, 0.6) is 0 Å². The molecule has 1 fully saturated rings. The third kappa shape index (κ3) is 5.68. The Morgan fingerprint density at radius 2 is 1.86 bits per heavy atom. The number of amides is 1. The summed E-state index contributed by atoms with van der Waals surface area (Å²) in [5.41, 5.74) is 1.64. The summed E-state index contributed by atoms with van der Waals surface area (Å²) >= 11 is 5.98. The van der Waals surface area contributed by atoms with Gasteiger partial charge in [-0.1, -0.05) is 37.3 Å². The highest BCUT2D eigenvalue weighted by Gasteiger charge is 2.11. The maximum absolute atomic E-state index is 12.1. The summed E-state index contributed by atoms with van der Waals surface area (Å²) < 4.78 is 0. The van der Waals surface area contributed by atoms with Gasteiger partial charge in [-0.2, -0.15) is 0 Å². The molecule has 0 unspecified atom stereocenters. The number of hydrogen-bond donors (Lipinski definition) is 2. The van der Waals surface area contributed by atoms with Crippen LogP contribution >= 0.6 is 11.6 Å².